The van der Waals surface area contributed by atoms with Crippen molar-refractivity contribution in [3.63, 3.8) is 0 Å². The molecule has 0 bridgehead atoms. The van der Waals surface area contributed by atoms with Crippen LogP contribution < -0.4 is 10.2 Å². The molecule has 0 saturated carbocycles. The van der Waals surface area contributed by atoms with Crippen LogP contribution in [-0.4, -0.2) is 56.0 Å². The van der Waals surface area contributed by atoms with Crippen LogP contribution in [0.5, 0.6) is 0 Å². The Kier molecular flexibility index (Phi) is 5.38. The van der Waals surface area contributed by atoms with Gasteiger partial charge >= 0.3 is 0 Å². The fourth-order valence-corrected chi connectivity index (χ4v) is 4.44. The standard InChI is InChI=1S/C26H26N8O/c1-17-21-8-5-19(13-24(21)33(2)32-17)22-14-25(31-26(30-22)34-9-11-35-12-10-34)29-20-6-3-18(4-7-20)23-15-27-16-28-23/h3-8,13-16H,9-12H2,1-2H3,(H,27,28)(H,29,30,31). The molecule has 0 aliphatic carbocycles. The molecule has 5 aromatic rings. The molecule has 1 saturated heterocycles. The van der Waals surface area contributed by atoms with Crippen molar-refractivity contribution in [1.82, 2.24) is 29.7 Å². The Balaban J connectivity index is 1.37. The number of hydrogen-bond donors (Lipinski definition) is 2. The maximum atomic E-state index is 5.54. The number of H-pyrrole nitrogens is 1. The SMILES string of the molecule is Cc1nn(C)c2cc(-c3cc(Nc4ccc(-c5cnc[nH]5)cc4)nc(N4CCOCC4)n3)ccc12. The molecule has 6 rings (SSSR count). The lowest BCUT2D eigenvalue weighted by molar-refractivity contribution is 0.122. The van der Waals surface area contributed by atoms with Crippen LogP contribution in [-0.2, 0) is 11.8 Å². The molecule has 9 heteroatoms. The van der Waals surface area contributed by atoms with Crippen LogP contribution in [0.4, 0.5) is 17.5 Å². The minimum atomic E-state index is 0.672. The largest absolute Gasteiger partial charge is 0.378 e. The molecular formula is C26H26N8O. The van der Waals surface area contributed by atoms with Crippen LogP contribution >= 0.6 is 0 Å². The number of rotatable bonds is 5. The highest BCUT2D eigenvalue weighted by Crippen LogP contribution is 2.29. The maximum absolute atomic E-state index is 5.54. The molecule has 176 valence electrons. The van der Waals surface area contributed by atoms with Crippen LogP contribution in [0.15, 0.2) is 61.1 Å². The first-order valence-corrected chi connectivity index (χ1v) is 11.7. The van der Waals surface area contributed by atoms with Gasteiger partial charge < -0.3 is 19.9 Å². The smallest absolute Gasteiger partial charge is 0.228 e. The first-order valence-electron chi connectivity index (χ1n) is 11.7. The van der Waals surface area contributed by atoms with E-state index in [0.717, 1.165) is 63.7 Å². The Morgan fingerprint density at radius 2 is 1.77 bits per heavy atom. The fourth-order valence-electron chi connectivity index (χ4n) is 4.44. The Bertz CT molecular complexity index is 1470. The number of fused-ring (bicyclic) bond motifs is 1. The topological polar surface area (TPSA) is 96.8 Å². The van der Waals surface area contributed by atoms with Crippen molar-refractivity contribution >= 4 is 28.4 Å². The summed E-state index contributed by atoms with van der Waals surface area (Å²) in [6.45, 7) is 4.91. The molecule has 4 heterocycles. The lowest BCUT2D eigenvalue weighted by atomic mass is 10.1. The number of aromatic amines is 1. The van der Waals surface area contributed by atoms with Crippen LogP contribution in [0.25, 0.3) is 33.4 Å². The van der Waals surface area contributed by atoms with Crippen LogP contribution in [0.2, 0.25) is 0 Å². The van der Waals surface area contributed by atoms with Crippen LogP contribution in [0, 0.1) is 6.92 Å². The summed E-state index contributed by atoms with van der Waals surface area (Å²) in [6.07, 6.45) is 3.50. The highest BCUT2D eigenvalue weighted by molar-refractivity contribution is 5.86. The molecule has 1 aliphatic rings. The van der Waals surface area contributed by atoms with E-state index in [1.165, 1.54) is 0 Å². The van der Waals surface area contributed by atoms with E-state index in [1.54, 1.807) is 6.33 Å². The van der Waals surface area contributed by atoms with Gasteiger partial charge in [0.05, 0.1) is 48.3 Å². The number of anilines is 3. The highest BCUT2D eigenvalue weighted by Gasteiger charge is 2.17. The summed E-state index contributed by atoms with van der Waals surface area (Å²) in [6, 6.07) is 16.5. The van der Waals surface area contributed by atoms with Gasteiger partial charge in [-0.3, -0.25) is 4.68 Å². The zero-order valence-corrected chi connectivity index (χ0v) is 19.7. The summed E-state index contributed by atoms with van der Waals surface area (Å²) in [5.74, 6) is 1.44. The van der Waals surface area contributed by atoms with Crippen LogP contribution in [0.1, 0.15) is 5.69 Å². The Morgan fingerprint density at radius 1 is 0.971 bits per heavy atom. The predicted molar refractivity (Wildman–Crippen MR) is 137 cm³/mol. The van der Waals surface area contributed by atoms with E-state index in [0.29, 0.717) is 19.2 Å². The Labute approximate surface area is 202 Å². The molecule has 1 aliphatic heterocycles. The Hall–Kier alpha value is -4.24. The molecule has 2 aromatic carbocycles. The van der Waals surface area contributed by atoms with E-state index >= 15 is 0 Å². The number of nitrogens with one attached hydrogen (secondary N) is 2. The van der Waals surface area contributed by atoms with Gasteiger partial charge in [0, 0.05) is 42.8 Å². The van der Waals surface area contributed by atoms with Gasteiger partial charge in [-0.05, 0) is 30.7 Å². The van der Waals surface area contributed by atoms with Crippen molar-refractivity contribution in [1.29, 1.82) is 0 Å². The second-order valence-electron chi connectivity index (χ2n) is 8.65. The Morgan fingerprint density at radius 3 is 2.54 bits per heavy atom. The summed E-state index contributed by atoms with van der Waals surface area (Å²) in [5, 5.41) is 9.17. The highest BCUT2D eigenvalue weighted by atomic mass is 16.5. The maximum Gasteiger partial charge on any atom is 0.228 e. The van der Waals surface area contributed by atoms with Gasteiger partial charge in [-0.15, -0.1) is 0 Å². The fraction of sp³-hybridized carbons (Fsp3) is 0.231. The van der Waals surface area contributed by atoms with E-state index < -0.39 is 0 Å². The van der Waals surface area contributed by atoms with E-state index in [9.17, 15) is 0 Å². The number of nitrogens with zero attached hydrogens (tertiary/aromatic N) is 6. The predicted octanol–water partition coefficient (Wildman–Crippen LogP) is 4.31. The zero-order chi connectivity index (χ0) is 23.8. The molecule has 1 fully saturated rings. The molecule has 0 unspecified atom stereocenters. The number of ether oxygens (including phenoxy) is 1. The molecule has 2 N–H and O–H groups in total. The number of aromatic nitrogens is 6. The monoisotopic (exact) mass is 466 g/mol. The first-order chi connectivity index (χ1) is 17.1. The number of aryl methyl sites for hydroxylation is 2. The summed E-state index contributed by atoms with van der Waals surface area (Å²) in [7, 11) is 1.97. The second kappa shape index (κ2) is 8.84. The first kappa shape index (κ1) is 21.3. The number of hydrogen-bond acceptors (Lipinski definition) is 7. The zero-order valence-electron chi connectivity index (χ0n) is 19.7. The molecule has 3 aromatic heterocycles. The average molecular weight is 467 g/mol. The average Bonchev–Trinajstić information content (AvgIpc) is 3.53. The third-order valence-corrected chi connectivity index (χ3v) is 6.31. The molecule has 0 amide bonds. The van der Waals surface area contributed by atoms with Crippen molar-refractivity contribution in [3.05, 3.63) is 66.7 Å². The van der Waals surface area contributed by atoms with Gasteiger partial charge in [-0.1, -0.05) is 24.3 Å². The number of benzene rings is 2. The lowest BCUT2D eigenvalue weighted by Gasteiger charge is -2.27. The molecule has 35 heavy (non-hydrogen) atoms. The van der Waals surface area contributed by atoms with Crippen molar-refractivity contribution in [2.45, 2.75) is 6.92 Å². The lowest BCUT2D eigenvalue weighted by Crippen LogP contribution is -2.37. The molecular weight excluding hydrogens is 440 g/mol. The summed E-state index contributed by atoms with van der Waals surface area (Å²) in [4.78, 5) is 19.2. The van der Waals surface area contributed by atoms with Gasteiger partial charge in [0.2, 0.25) is 5.95 Å². The van der Waals surface area contributed by atoms with Crippen molar-refractivity contribution in [2.24, 2.45) is 7.05 Å². The normalized spacial score (nSPS) is 13.9. The van der Waals surface area contributed by atoms with Crippen molar-refractivity contribution < 1.29 is 4.74 Å². The third-order valence-electron chi connectivity index (χ3n) is 6.31. The quantitative estimate of drug-likeness (QED) is 0.398. The minimum absolute atomic E-state index is 0.672. The van der Waals surface area contributed by atoms with Crippen molar-refractivity contribution in [3.8, 4) is 22.5 Å². The third kappa shape index (κ3) is 4.22. The molecule has 0 atom stereocenters. The summed E-state index contributed by atoms with van der Waals surface area (Å²) < 4.78 is 7.45. The number of morpholine rings is 1. The molecule has 9 nitrogen and oxygen atoms in total. The summed E-state index contributed by atoms with van der Waals surface area (Å²) in [5.41, 5.74) is 6.99. The van der Waals surface area contributed by atoms with Gasteiger partial charge in [-0.25, -0.2) is 9.97 Å². The second-order valence-corrected chi connectivity index (χ2v) is 8.65. The van der Waals surface area contributed by atoms with Crippen molar-refractivity contribution in [2.75, 3.05) is 36.5 Å². The van der Waals surface area contributed by atoms with E-state index in [-0.39, 0.29) is 0 Å². The van der Waals surface area contributed by atoms with E-state index in [1.807, 2.05) is 43.0 Å². The summed E-state index contributed by atoms with van der Waals surface area (Å²) >= 11 is 0. The minimum Gasteiger partial charge on any atom is -0.378 e. The van der Waals surface area contributed by atoms with E-state index in [2.05, 4.69) is 55.6 Å². The van der Waals surface area contributed by atoms with Gasteiger partial charge in [0.25, 0.3) is 0 Å². The van der Waals surface area contributed by atoms with E-state index in [4.69, 9.17) is 14.7 Å². The van der Waals surface area contributed by atoms with Gasteiger partial charge in [0.1, 0.15) is 5.82 Å². The number of imidazole rings is 1. The van der Waals surface area contributed by atoms with Gasteiger partial charge in [-0.2, -0.15) is 10.1 Å². The molecule has 0 spiro atoms. The molecule has 0 radical (unpaired) electrons. The van der Waals surface area contributed by atoms with Crippen LogP contribution in [0.3, 0.4) is 0 Å². The van der Waals surface area contributed by atoms with Gasteiger partial charge in [0.15, 0.2) is 0 Å².